The Morgan fingerprint density at radius 1 is 0.967 bits per heavy atom. The molecule has 1 saturated heterocycles. The summed E-state index contributed by atoms with van der Waals surface area (Å²) in [6.45, 7) is 3.96. The molecule has 160 valence electrons. The Hall–Kier alpha value is -2.19. The van der Waals surface area contributed by atoms with Gasteiger partial charge >= 0.3 is 0 Å². The lowest BCUT2D eigenvalue weighted by molar-refractivity contribution is 0.214. The number of hydrogen-bond donors (Lipinski definition) is 0. The molecule has 0 spiro atoms. The van der Waals surface area contributed by atoms with Crippen LogP contribution in [-0.4, -0.2) is 48.3 Å². The topological polar surface area (TPSA) is 51.8 Å². The highest BCUT2D eigenvalue weighted by molar-refractivity contribution is 7.99. The second-order valence-electron chi connectivity index (χ2n) is 7.73. The van der Waals surface area contributed by atoms with Gasteiger partial charge in [0.2, 0.25) is 0 Å². The van der Waals surface area contributed by atoms with Crippen LogP contribution in [0.25, 0.3) is 5.69 Å². The van der Waals surface area contributed by atoms with Crippen LogP contribution in [-0.2, 0) is 13.1 Å². The van der Waals surface area contributed by atoms with E-state index in [4.69, 9.17) is 0 Å². The van der Waals surface area contributed by atoms with Gasteiger partial charge in [-0.25, -0.2) is 4.39 Å². The summed E-state index contributed by atoms with van der Waals surface area (Å²) < 4.78 is 17.5. The zero-order valence-corrected chi connectivity index (χ0v) is 18.1. The minimum Gasteiger partial charge on any atom is -0.296 e. The molecular weight excluding hydrogens is 399 g/mol. The second-order valence-corrected chi connectivity index (χ2v) is 8.79. The number of benzene rings is 1. The van der Waals surface area contributed by atoms with Crippen LogP contribution in [0.4, 0.5) is 4.39 Å². The molecule has 2 aromatic heterocycles. The molecule has 4 rings (SSSR count). The second kappa shape index (κ2) is 10.7. The largest absolute Gasteiger partial charge is 0.296 e. The van der Waals surface area contributed by atoms with Crippen molar-refractivity contribution >= 4 is 11.8 Å². The molecule has 0 bridgehead atoms. The summed E-state index contributed by atoms with van der Waals surface area (Å²) in [6, 6.07) is 8.59. The van der Waals surface area contributed by atoms with Crippen LogP contribution in [0.5, 0.6) is 0 Å². The quantitative estimate of drug-likeness (QED) is 0.350. The van der Waals surface area contributed by atoms with Crippen molar-refractivity contribution in [2.75, 3.05) is 18.8 Å². The highest BCUT2D eigenvalue weighted by Gasteiger charge is 2.18. The highest BCUT2D eigenvalue weighted by Crippen LogP contribution is 2.25. The molecule has 1 aliphatic heterocycles. The Kier molecular flexibility index (Phi) is 7.53. The third kappa shape index (κ3) is 5.70. The summed E-state index contributed by atoms with van der Waals surface area (Å²) in [5, 5.41) is 14.1. The Bertz CT molecular complexity index is 887. The summed E-state index contributed by atoms with van der Waals surface area (Å²) in [5.74, 6) is 1.70. The van der Waals surface area contributed by atoms with Crippen molar-refractivity contribution in [2.45, 2.75) is 56.8 Å². The number of thioether (sulfide) groups is 1. The van der Waals surface area contributed by atoms with Gasteiger partial charge in [-0.05, 0) is 69.1 Å². The maximum atomic E-state index is 13.5. The fraction of sp³-hybridized carbons (Fsp3) is 0.500. The molecule has 0 saturated carbocycles. The van der Waals surface area contributed by atoms with E-state index in [1.54, 1.807) is 11.8 Å². The molecule has 0 N–H and O–H groups in total. The molecule has 1 aliphatic rings. The standard InChI is InChI=1S/C22H29FN6S/c23-19-8-10-20(11-9-19)29-21(18-27-13-3-1-4-14-27)25-26-22(29)30-17-6-2-5-15-28-16-7-12-24-28/h7-12,16H,1-6,13-15,17-18H2. The minimum absolute atomic E-state index is 0.226. The molecule has 3 heterocycles. The smallest absolute Gasteiger partial charge is 0.195 e. The summed E-state index contributed by atoms with van der Waals surface area (Å²) >= 11 is 1.73. The first-order valence-electron chi connectivity index (χ1n) is 10.8. The predicted octanol–water partition coefficient (Wildman–Crippen LogP) is 4.55. The number of aryl methyl sites for hydroxylation is 1. The molecule has 6 nitrogen and oxygen atoms in total. The Balaban J connectivity index is 1.37. The van der Waals surface area contributed by atoms with E-state index < -0.39 is 0 Å². The average Bonchev–Trinajstić information content (AvgIpc) is 3.42. The normalized spacial score (nSPS) is 15.0. The molecule has 1 fully saturated rings. The fourth-order valence-electron chi connectivity index (χ4n) is 3.81. The molecule has 0 radical (unpaired) electrons. The maximum Gasteiger partial charge on any atom is 0.195 e. The van der Waals surface area contributed by atoms with Gasteiger partial charge in [0.1, 0.15) is 5.82 Å². The lowest BCUT2D eigenvalue weighted by Crippen LogP contribution is -2.30. The van der Waals surface area contributed by atoms with Crippen molar-refractivity contribution < 1.29 is 4.39 Å². The van der Waals surface area contributed by atoms with Crippen molar-refractivity contribution in [1.29, 1.82) is 0 Å². The lowest BCUT2D eigenvalue weighted by Gasteiger charge is -2.26. The van der Waals surface area contributed by atoms with Gasteiger partial charge in [-0.1, -0.05) is 24.6 Å². The van der Waals surface area contributed by atoms with Gasteiger partial charge < -0.3 is 0 Å². The van der Waals surface area contributed by atoms with E-state index in [0.29, 0.717) is 0 Å². The summed E-state index contributed by atoms with van der Waals surface area (Å²) in [6.07, 6.45) is 11.0. The number of hydrogen-bond acceptors (Lipinski definition) is 5. The van der Waals surface area contributed by atoms with Crippen molar-refractivity contribution in [2.24, 2.45) is 0 Å². The van der Waals surface area contributed by atoms with Gasteiger partial charge in [0, 0.05) is 30.4 Å². The SMILES string of the molecule is Fc1ccc(-n2c(CN3CCCCC3)nnc2SCCCCCn2cccn2)cc1. The fourth-order valence-corrected chi connectivity index (χ4v) is 4.78. The minimum atomic E-state index is -0.226. The number of aromatic nitrogens is 5. The van der Waals surface area contributed by atoms with Crippen LogP contribution in [0.3, 0.4) is 0 Å². The first-order chi connectivity index (χ1) is 14.8. The van der Waals surface area contributed by atoms with Crippen molar-refractivity contribution in [3.05, 3.63) is 54.4 Å². The Morgan fingerprint density at radius 2 is 1.80 bits per heavy atom. The van der Waals surface area contributed by atoms with Crippen molar-refractivity contribution in [3.63, 3.8) is 0 Å². The van der Waals surface area contributed by atoms with E-state index >= 15 is 0 Å². The van der Waals surface area contributed by atoms with Crippen LogP contribution >= 0.6 is 11.8 Å². The van der Waals surface area contributed by atoms with E-state index in [1.165, 1.54) is 31.4 Å². The Morgan fingerprint density at radius 3 is 2.57 bits per heavy atom. The van der Waals surface area contributed by atoms with Gasteiger partial charge in [-0.15, -0.1) is 10.2 Å². The lowest BCUT2D eigenvalue weighted by atomic mass is 10.1. The predicted molar refractivity (Wildman–Crippen MR) is 117 cm³/mol. The molecule has 0 unspecified atom stereocenters. The number of unbranched alkanes of at least 4 members (excludes halogenated alkanes) is 2. The summed E-state index contributed by atoms with van der Waals surface area (Å²) in [7, 11) is 0. The number of piperidine rings is 1. The number of halogens is 1. The monoisotopic (exact) mass is 428 g/mol. The molecule has 0 amide bonds. The summed E-state index contributed by atoms with van der Waals surface area (Å²) in [5.41, 5.74) is 0.926. The average molecular weight is 429 g/mol. The van der Waals surface area contributed by atoms with Crippen LogP contribution in [0.1, 0.15) is 44.3 Å². The van der Waals surface area contributed by atoms with Crippen LogP contribution in [0.2, 0.25) is 0 Å². The Labute approximate surface area is 181 Å². The van der Waals surface area contributed by atoms with Gasteiger partial charge in [-0.2, -0.15) is 5.10 Å². The van der Waals surface area contributed by atoms with Crippen LogP contribution < -0.4 is 0 Å². The molecular formula is C22H29FN6S. The van der Waals surface area contributed by atoms with Gasteiger partial charge in [0.15, 0.2) is 11.0 Å². The van der Waals surface area contributed by atoms with E-state index in [9.17, 15) is 4.39 Å². The molecule has 8 heteroatoms. The summed E-state index contributed by atoms with van der Waals surface area (Å²) in [4.78, 5) is 2.44. The highest BCUT2D eigenvalue weighted by atomic mass is 32.2. The first-order valence-corrected chi connectivity index (χ1v) is 11.8. The molecule has 3 aromatic rings. The maximum absolute atomic E-state index is 13.5. The van der Waals surface area contributed by atoms with E-state index in [0.717, 1.165) is 67.9 Å². The van der Waals surface area contributed by atoms with Gasteiger partial charge in [0.25, 0.3) is 0 Å². The first kappa shape index (κ1) is 21.1. The molecule has 30 heavy (non-hydrogen) atoms. The van der Waals surface area contributed by atoms with Gasteiger partial charge in [0.05, 0.1) is 6.54 Å². The van der Waals surface area contributed by atoms with E-state index in [1.807, 2.05) is 35.3 Å². The zero-order valence-electron chi connectivity index (χ0n) is 17.3. The number of likely N-dealkylation sites (tertiary alicyclic amines) is 1. The van der Waals surface area contributed by atoms with Crippen LogP contribution in [0.15, 0.2) is 47.9 Å². The van der Waals surface area contributed by atoms with E-state index in [-0.39, 0.29) is 5.82 Å². The molecule has 0 aliphatic carbocycles. The van der Waals surface area contributed by atoms with Crippen LogP contribution in [0, 0.1) is 5.82 Å². The van der Waals surface area contributed by atoms with Gasteiger partial charge in [-0.3, -0.25) is 14.1 Å². The van der Waals surface area contributed by atoms with Crippen molar-refractivity contribution in [3.8, 4) is 5.69 Å². The third-order valence-electron chi connectivity index (χ3n) is 5.42. The third-order valence-corrected chi connectivity index (χ3v) is 6.44. The molecule has 1 aromatic carbocycles. The van der Waals surface area contributed by atoms with E-state index in [2.05, 4.69) is 24.8 Å². The molecule has 0 atom stereocenters. The van der Waals surface area contributed by atoms with Crippen molar-refractivity contribution in [1.82, 2.24) is 29.4 Å². The number of nitrogens with zero attached hydrogens (tertiary/aromatic N) is 6. The zero-order chi connectivity index (χ0) is 20.6. The number of rotatable bonds is 10.